The summed E-state index contributed by atoms with van der Waals surface area (Å²) in [5, 5.41) is 14.3. The summed E-state index contributed by atoms with van der Waals surface area (Å²) in [6, 6.07) is 5.12. The monoisotopic (exact) mass is 474 g/mol. The van der Waals surface area contributed by atoms with E-state index in [9.17, 15) is 14.7 Å². The van der Waals surface area contributed by atoms with Crippen LogP contribution in [0, 0.1) is 0 Å². The van der Waals surface area contributed by atoms with Crippen LogP contribution in [0.1, 0.15) is 89.2 Å². The number of ether oxygens (including phenoxy) is 2. The topological polar surface area (TPSA) is 88.1 Å². The number of unbranched alkanes of at least 4 members (excludes halogenated alkanes) is 4. The molecule has 3 rings (SSSR count). The van der Waals surface area contributed by atoms with Crippen molar-refractivity contribution in [1.29, 1.82) is 0 Å². The molecule has 1 amide bonds. The number of Topliss-reactive ketones (excluding diaryl/α,β-unsaturated/α-hetero) is 1. The molecule has 1 saturated heterocycles. The highest BCUT2D eigenvalue weighted by atomic mass is 16.6. The van der Waals surface area contributed by atoms with E-state index in [2.05, 4.69) is 17.1 Å². The zero-order valence-corrected chi connectivity index (χ0v) is 20.7. The summed E-state index contributed by atoms with van der Waals surface area (Å²) in [6.07, 6.45) is 8.94. The molecule has 0 aromatic heterocycles. The van der Waals surface area contributed by atoms with Gasteiger partial charge in [-0.05, 0) is 62.9 Å². The van der Waals surface area contributed by atoms with Gasteiger partial charge in [0, 0.05) is 25.8 Å². The van der Waals surface area contributed by atoms with Gasteiger partial charge in [0.05, 0.1) is 6.04 Å². The normalized spacial score (nSPS) is 17.4. The molecule has 2 aliphatic rings. The average molecular weight is 475 g/mol. The number of aliphatic hydroxyl groups is 1. The Labute approximate surface area is 204 Å². The number of carbonyl (C=O) groups excluding carboxylic acids is 2. The molecule has 0 aliphatic carbocycles. The minimum absolute atomic E-state index is 0.0280. The molecule has 1 aromatic carbocycles. The minimum Gasteiger partial charge on any atom is -0.486 e. The van der Waals surface area contributed by atoms with E-state index in [4.69, 9.17) is 9.47 Å². The Bertz CT molecular complexity index is 778. The number of likely N-dealkylation sites (tertiary alicyclic amines) is 1. The van der Waals surface area contributed by atoms with Crippen LogP contribution in [0.4, 0.5) is 0 Å². The second-order valence-electron chi connectivity index (χ2n) is 9.59. The van der Waals surface area contributed by atoms with Gasteiger partial charge in [-0.15, -0.1) is 0 Å². The van der Waals surface area contributed by atoms with Crippen molar-refractivity contribution in [3.05, 3.63) is 23.8 Å². The number of hydrogen-bond acceptors (Lipinski definition) is 6. The summed E-state index contributed by atoms with van der Waals surface area (Å²) in [4.78, 5) is 26.8. The SMILES string of the molecule is CCCCC(=O)CCCCCCC(=O)NC(CN1CCCC1)C(O)c1ccc2c(c1)OCCO2. The lowest BCUT2D eigenvalue weighted by atomic mass is 10.0. The van der Waals surface area contributed by atoms with Gasteiger partial charge >= 0.3 is 0 Å². The summed E-state index contributed by atoms with van der Waals surface area (Å²) >= 11 is 0. The Balaban J connectivity index is 1.47. The van der Waals surface area contributed by atoms with Crippen LogP contribution in [-0.4, -0.2) is 60.6 Å². The van der Waals surface area contributed by atoms with Crippen LogP contribution in [0.25, 0.3) is 0 Å². The van der Waals surface area contributed by atoms with Crippen molar-refractivity contribution >= 4 is 11.7 Å². The lowest BCUT2D eigenvalue weighted by Gasteiger charge is -2.29. The molecule has 1 aromatic rings. The number of benzene rings is 1. The summed E-state index contributed by atoms with van der Waals surface area (Å²) in [5.74, 6) is 1.66. The van der Waals surface area contributed by atoms with Crippen LogP contribution in [0.5, 0.6) is 11.5 Å². The third kappa shape index (κ3) is 8.58. The number of amides is 1. The Morgan fingerprint density at radius 3 is 2.38 bits per heavy atom. The van der Waals surface area contributed by atoms with E-state index < -0.39 is 6.10 Å². The van der Waals surface area contributed by atoms with Gasteiger partial charge in [0.1, 0.15) is 25.1 Å². The summed E-state index contributed by atoms with van der Waals surface area (Å²) in [7, 11) is 0. The molecule has 2 unspecified atom stereocenters. The number of nitrogens with one attached hydrogen (secondary N) is 1. The summed E-state index contributed by atoms with van der Waals surface area (Å²) < 4.78 is 11.3. The molecular formula is C27H42N2O5. The number of fused-ring (bicyclic) bond motifs is 1. The van der Waals surface area contributed by atoms with Gasteiger partial charge in [0.15, 0.2) is 11.5 Å². The molecule has 2 heterocycles. The second kappa shape index (κ2) is 14.3. The zero-order chi connectivity index (χ0) is 24.2. The van der Waals surface area contributed by atoms with Gasteiger partial charge in [0.25, 0.3) is 0 Å². The van der Waals surface area contributed by atoms with Crippen molar-refractivity contribution in [3.63, 3.8) is 0 Å². The Morgan fingerprint density at radius 2 is 1.65 bits per heavy atom. The quantitative estimate of drug-likeness (QED) is 0.371. The average Bonchev–Trinajstić information content (AvgIpc) is 3.37. The van der Waals surface area contributed by atoms with Crippen molar-refractivity contribution in [2.45, 2.75) is 89.7 Å². The van der Waals surface area contributed by atoms with Crippen molar-refractivity contribution in [1.82, 2.24) is 10.2 Å². The molecule has 2 aliphatic heterocycles. The Hall–Kier alpha value is -2.12. The third-order valence-electron chi connectivity index (χ3n) is 6.71. The Morgan fingerprint density at radius 1 is 0.971 bits per heavy atom. The molecular weight excluding hydrogens is 432 g/mol. The molecule has 7 nitrogen and oxygen atoms in total. The maximum absolute atomic E-state index is 12.7. The zero-order valence-electron chi connectivity index (χ0n) is 20.7. The van der Waals surface area contributed by atoms with Crippen LogP contribution in [0.2, 0.25) is 0 Å². The molecule has 34 heavy (non-hydrogen) atoms. The fourth-order valence-electron chi connectivity index (χ4n) is 4.68. The highest BCUT2D eigenvalue weighted by Crippen LogP contribution is 2.33. The minimum atomic E-state index is -0.825. The number of nitrogens with zero attached hydrogens (tertiary/aromatic N) is 1. The van der Waals surface area contributed by atoms with Gasteiger partial charge in [-0.25, -0.2) is 0 Å². The van der Waals surface area contributed by atoms with Crippen molar-refractivity contribution in [2.24, 2.45) is 0 Å². The number of rotatable bonds is 15. The molecule has 0 radical (unpaired) electrons. The number of ketones is 1. The summed E-state index contributed by atoms with van der Waals surface area (Å²) in [6.45, 7) is 5.74. The van der Waals surface area contributed by atoms with Gasteiger partial charge in [-0.1, -0.05) is 32.3 Å². The maximum Gasteiger partial charge on any atom is 0.220 e. The highest BCUT2D eigenvalue weighted by molar-refractivity contribution is 5.78. The number of aliphatic hydroxyl groups excluding tert-OH is 1. The predicted molar refractivity (Wildman–Crippen MR) is 132 cm³/mol. The first-order valence-electron chi connectivity index (χ1n) is 13.2. The molecule has 0 bridgehead atoms. The van der Waals surface area contributed by atoms with E-state index >= 15 is 0 Å². The van der Waals surface area contributed by atoms with Crippen LogP contribution >= 0.6 is 0 Å². The van der Waals surface area contributed by atoms with Gasteiger partial charge in [0.2, 0.25) is 5.91 Å². The first kappa shape index (κ1) is 26.5. The van der Waals surface area contributed by atoms with Gasteiger partial charge in [-0.2, -0.15) is 0 Å². The lowest BCUT2D eigenvalue weighted by Crippen LogP contribution is -2.46. The molecule has 2 atom stereocenters. The fourth-order valence-corrected chi connectivity index (χ4v) is 4.68. The van der Waals surface area contributed by atoms with E-state index in [0.717, 1.165) is 70.0 Å². The van der Waals surface area contributed by atoms with Gasteiger partial charge in [-0.3, -0.25) is 9.59 Å². The maximum atomic E-state index is 12.7. The largest absolute Gasteiger partial charge is 0.486 e. The molecule has 2 N–H and O–H groups in total. The predicted octanol–water partition coefficient (Wildman–Crippen LogP) is 4.17. The van der Waals surface area contributed by atoms with Crippen molar-refractivity contribution in [2.75, 3.05) is 32.8 Å². The molecule has 0 spiro atoms. The number of carbonyl (C=O) groups is 2. The lowest BCUT2D eigenvalue weighted by molar-refractivity contribution is -0.123. The number of hydrogen-bond donors (Lipinski definition) is 2. The molecule has 7 heteroatoms. The van der Waals surface area contributed by atoms with Crippen LogP contribution in [0.3, 0.4) is 0 Å². The van der Waals surface area contributed by atoms with Crippen LogP contribution < -0.4 is 14.8 Å². The standard InChI is InChI=1S/C27H42N2O5/c1-2-3-10-22(30)11-6-4-5-7-12-26(31)28-23(20-29-15-8-9-16-29)27(32)21-13-14-24-25(19-21)34-18-17-33-24/h13-14,19,23,27,32H,2-12,15-18,20H2,1H3,(H,28,31). The molecule has 190 valence electrons. The third-order valence-corrected chi connectivity index (χ3v) is 6.71. The Kier molecular flexibility index (Phi) is 11.2. The van der Waals surface area contributed by atoms with Crippen LogP contribution in [0.15, 0.2) is 18.2 Å². The first-order valence-corrected chi connectivity index (χ1v) is 13.2. The van der Waals surface area contributed by atoms with E-state index in [1.807, 2.05) is 18.2 Å². The van der Waals surface area contributed by atoms with E-state index in [1.165, 1.54) is 0 Å². The fraction of sp³-hybridized carbons (Fsp3) is 0.704. The van der Waals surface area contributed by atoms with Crippen LogP contribution in [-0.2, 0) is 9.59 Å². The first-order chi connectivity index (χ1) is 16.6. The van der Waals surface area contributed by atoms with E-state index in [1.54, 1.807) is 0 Å². The van der Waals surface area contributed by atoms with E-state index in [-0.39, 0.29) is 11.9 Å². The van der Waals surface area contributed by atoms with Gasteiger partial charge < -0.3 is 24.8 Å². The molecule has 0 saturated carbocycles. The smallest absolute Gasteiger partial charge is 0.220 e. The second-order valence-corrected chi connectivity index (χ2v) is 9.59. The highest BCUT2D eigenvalue weighted by Gasteiger charge is 2.27. The summed E-state index contributed by atoms with van der Waals surface area (Å²) in [5.41, 5.74) is 0.724. The molecule has 1 fully saturated rings. The van der Waals surface area contributed by atoms with Crippen molar-refractivity contribution < 1.29 is 24.2 Å². The van der Waals surface area contributed by atoms with E-state index in [0.29, 0.717) is 56.3 Å². The van der Waals surface area contributed by atoms with Crippen molar-refractivity contribution in [3.8, 4) is 11.5 Å².